The highest BCUT2D eigenvalue weighted by Gasteiger charge is 2.33. The van der Waals surface area contributed by atoms with Gasteiger partial charge in [-0.05, 0) is 23.8 Å². The molecule has 0 fully saturated rings. The minimum absolute atomic E-state index is 0.0258. The SMILES string of the molecule is O=CC(=O)CCc1nc(NCc2ccc(F)cc2)c2cc(C(F)(F)F)sc2n1. The van der Waals surface area contributed by atoms with Crippen molar-refractivity contribution in [2.24, 2.45) is 0 Å². The van der Waals surface area contributed by atoms with E-state index in [-0.39, 0.29) is 47.5 Å². The van der Waals surface area contributed by atoms with E-state index in [1.807, 2.05) is 0 Å². The van der Waals surface area contributed by atoms with Crippen molar-refractivity contribution in [2.75, 3.05) is 5.32 Å². The predicted octanol–water partition coefficient (Wildman–Crippen LogP) is 4.16. The van der Waals surface area contributed by atoms with Gasteiger partial charge in [0.15, 0.2) is 12.1 Å². The number of aryl methyl sites for hydroxylation is 1. The standard InChI is InChI=1S/C18H13F4N3O2S/c19-11-3-1-10(2-4-11)8-23-16-13-7-14(18(20,21)22)28-17(13)25-15(24-16)6-5-12(27)9-26/h1-4,7,9H,5-6,8H2,(H,23,24,25). The van der Waals surface area contributed by atoms with Crippen LogP contribution >= 0.6 is 11.3 Å². The molecule has 5 nitrogen and oxygen atoms in total. The second-order valence-electron chi connectivity index (χ2n) is 5.88. The van der Waals surface area contributed by atoms with Gasteiger partial charge < -0.3 is 5.32 Å². The molecule has 3 aromatic rings. The first-order chi connectivity index (χ1) is 13.3. The number of hydrogen-bond acceptors (Lipinski definition) is 6. The number of halogens is 4. The number of carbonyl (C=O) groups excluding carboxylic acids is 2. The quantitative estimate of drug-likeness (QED) is 0.359. The van der Waals surface area contributed by atoms with Crippen LogP contribution in [0.15, 0.2) is 30.3 Å². The largest absolute Gasteiger partial charge is 0.425 e. The van der Waals surface area contributed by atoms with Crippen LogP contribution in [-0.4, -0.2) is 22.0 Å². The van der Waals surface area contributed by atoms with Crippen molar-refractivity contribution in [3.8, 4) is 0 Å². The summed E-state index contributed by atoms with van der Waals surface area (Å²) in [4.78, 5) is 29.2. The molecule has 0 unspecified atom stereocenters. The number of alkyl halides is 3. The first-order valence-corrected chi connectivity index (χ1v) is 8.92. The fourth-order valence-corrected chi connectivity index (χ4v) is 3.35. The monoisotopic (exact) mass is 411 g/mol. The van der Waals surface area contributed by atoms with Crippen molar-refractivity contribution >= 4 is 39.4 Å². The predicted molar refractivity (Wildman–Crippen MR) is 95.5 cm³/mol. The summed E-state index contributed by atoms with van der Waals surface area (Å²) in [6.45, 7) is 0.205. The Balaban J connectivity index is 1.93. The van der Waals surface area contributed by atoms with E-state index in [0.717, 1.165) is 6.07 Å². The summed E-state index contributed by atoms with van der Waals surface area (Å²) in [5.41, 5.74) is 0.706. The van der Waals surface area contributed by atoms with E-state index in [2.05, 4.69) is 15.3 Å². The van der Waals surface area contributed by atoms with Gasteiger partial charge in [0, 0.05) is 19.4 Å². The van der Waals surface area contributed by atoms with Crippen LogP contribution < -0.4 is 5.32 Å². The summed E-state index contributed by atoms with van der Waals surface area (Å²) >= 11 is 0.476. The molecule has 0 radical (unpaired) electrons. The lowest BCUT2D eigenvalue weighted by atomic mass is 10.2. The summed E-state index contributed by atoms with van der Waals surface area (Å²) in [5.74, 6) is -0.718. The smallest absolute Gasteiger partial charge is 0.365 e. The fraction of sp³-hybridized carbons (Fsp3) is 0.222. The van der Waals surface area contributed by atoms with Crippen molar-refractivity contribution < 1.29 is 27.2 Å². The molecule has 0 aliphatic carbocycles. The van der Waals surface area contributed by atoms with Crippen LogP contribution in [0.25, 0.3) is 10.2 Å². The molecule has 0 saturated heterocycles. The number of aldehydes is 1. The van der Waals surface area contributed by atoms with Gasteiger partial charge >= 0.3 is 6.18 Å². The van der Waals surface area contributed by atoms with Crippen LogP contribution in [0.4, 0.5) is 23.4 Å². The third-order valence-corrected chi connectivity index (χ3v) is 4.89. The number of ketones is 1. The Kier molecular flexibility index (Phi) is 5.68. The molecule has 146 valence electrons. The van der Waals surface area contributed by atoms with Crippen LogP contribution in [0.3, 0.4) is 0 Å². The third-order valence-electron chi connectivity index (χ3n) is 3.82. The molecule has 0 atom stereocenters. The van der Waals surface area contributed by atoms with Crippen molar-refractivity contribution in [1.29, 1.82) is 0 Å². The fourth-order valence-electron chi connectivity index (χ4n) is 2.43. The van der Waals surface area contributed by atoms with Crippen LogP contribution in [-0.2, 0) is 28.7 Å². The van der Waals surface area contributed by atoms with Gasteiger partial charge in [-0.3, -0.25) is 9.59 Å². The number of nitrogens with zero attached hydrogens (tertiary/aromatic N) is 2. The number of carbonyl (C=O) groups is 2. The number of hydrogen-bond donors (Lipinski definition) is 1. The molecule has 2 aromatic heterocycles. The Morgan fingerprint density at radius 3 is 2.54 bits per heavy atom. The Morgan fingerprint density at radius 1 is 1.18 bits per heavy atom. The van der Waals surface area contributed by atoms with E-state index in [1.165, 1.54) is 12.1 Å². The second kappa shape index (κ2) is 8.01. The van der Waals surface area contributed by atoms with Crippen LogP contribution in [0.5, 0.6) is 0 Å². The zero-order valence-corrected chi connectivity index (χ0v) is 15.0. The summed E-state index contributed by atoms with van der Waals surface area (Å²) < 4.78 is 52.2. The first-order valence-electron chi connectivity index (χ1n) is 8.10. The normalized spacial score (nSPS) is 11.6. The maximum absolute atomic E-state index is 13.1. The summed E-state index contributed by atoms with van der Waals surface area (Å²) in [6.07, 6.45) is -4.45. The van der Waals surface area contributed by atoms with Gasteiger partial charge in [-0.1, -0.05) is 12.1 Å². The first kappa shape index (κ1) is 19.9. The molecule has 2 heterocycles. The Labute approximate surface area is 160 Å². The van der Waals surface area contributed by atoms with E-state index in [1.54, 1.807) is 12.1 Å². The number of Topliss-reactive ketones (excluding diaryl/α,β-unsaturated/α-hetero) is 1. The number of aromatic nitrogens is 2. The van der Waals surface area contributed by atoms with Gasteiger partial charge in [0.05, 0.1) is 5.39 Å². The molecule has 28 heavy (non-hydrogen) atoms. The van der Waals surface area contributed by atoms with Crippen LogP contribution in [0, 0.1) is 5.82 Å². The van der Waals surface area contributed by atoms with E-state index in [4.69, 9.17) is 0 Å². The summed E-state index contributed by atoms with van der Waals surface area (Å²) in [6, 6.07) is 6.59. The zero-order valence-electron chi connectivity index (χ0n) is 14.2. The maximum atomic E-state index is 13.1. The molecule has 0 amide bonds. The van der Waals surface area contributed by atoms with E-state index < -0.39 is 22.7 Å². The Morgan fingerprint density at radius 2 is 1.89 bits per heavy atom. The van der Waals surface area contributed by atoms with Gasteiger partial charge in [-0.15, -0.1) is 11.3 Å². The maximum Gasteiger partial charge on any atom is 0.425 e. The molecule has 0 bridgehead atoms. The molecule has 1 N–H and O–H groups in total. The third kappa shape index (κ3) is 4.69. The van der Waals surface area contributed by atoms with Gasteiger partial charge in [0.2, 0.25) is 0 Å². The molecule has 0 aliphatic heterocycles. The van der Waals surface area contributed by atoms with Crippen molar-refractivity contribution in [3.05, 3.63) is 52.4 Å². The number of anilines is 1. The van der Waals surface area contributed by atoms with Crippen molar-refractivity contribution in [3.63, 3.8) is 0 Å². The number of fused-ring (bicyclic) bond motifs is 1. The Hall–Kier alpha value is -2.88. The molecular formula is C18H13F4N3O2S. The van der Waals surface area contributed by atoms with Crippen LogP contribution in [0.1, 0.15) is 22.7 Å². The molecule has 3 rings (SSSR count). The highest BCUT2D eigenvalue weighted by molar-refractivity contribution is 7.18. The average Bonchev–Trinajstić information content (AvgIpc) is 3.10. The lowest BCUT2D eigenvalue weighted by molar-refractivity contribution is -0.134. The van der Waals surface area contributed by atoms with E-state index >= 15 is 0 Å². The molecule has 10 heteroatoms. The van der Waals surface area contributed by atoms with Gasteiger partial charge in [-0.25, -0.2) is 14.4 Å². The number of benzene rings is 1. The number of thiophene rings is 1. The van der Waals surface area contributed by atoms with Gasteiger partial charge in [-0.2, -0.15) is 13.2 Å². The molecular weight excluding hydrogens is 398 g/mol. The highest BCUT2D eigenvalue weighted by atomic mass is 32.1. The topological polar surface area (TPSA) is 72.0 Å². The highest BCUT2D eigenvalue weighted by Crippen LogP contribution is 2.39. The lowest BCUT2D eigenvalue weighted by Crippen LogP contribution is -2.07. The number of nitrogens with one attached hydrogen (secondary N) is 1. The number of rotatable bonds is 7. The molecule has 1 aromatic carbocycles. The molecule has 0 spiro atoms. The summed E-state index contributed by atoms with van der Waals surface area (Å²) in [7, 11) is 0. The molecule has 0 aliphatic rings. The van der Waals surface area contributed by atoms with Gasteiger partial charge in [0.25, 0.3) is 0 Å². The van der Waals surface area contributed by atoms with Gasteiger partial charge in [0.1, 0.15) is 27.2 Å². The van der Waals surface area contributed by atoms with E-state index in [0.29, 0.717) is 16.9 Å². The average molecular weight is 411 g/mol. The lowest BCUT2D eigenvalue weighted by Gasteiger charge is -2.09. The van der Waals surface area contributed by atoms with Crippen LogP contribution in [0.2, 0.25) is 0 Å². The Bertz CT molecular complexity index is 1020. The minimum atomic E-state index is -4.52. The zero-order chi connectivity index (χ0) is 20.3. The van der Waals surface area contributed by atoms with E-state index in [9.17, 15) is 27.2 Å². The second-order valence-corrected chi connectivity index (χ2v) is 6.91. The summed E-state index contributed by atoms with van der Waals surface area (Å²) in [5, 5.41) is 3.14. The minimum Gasteiger partial charge on any atom is -0.365 e. The van der Waals surface area contributed by atoms with Crippen molar-refractivity contribution in [2.45, 2.75) is 25.6 Å². The van der Waals surface area contributed by atoms with Crippen molar-refractivity contribution in [1.82, 2.24) is 9.97 Å². The molecule has 0 saturated carbocycles.